The number of hydrogen-bond donors (Lipinski definition) is 2. The van der Waals surface area contributed by atoms with E-state index in [2.05, 4.69) is 10.6 Å². The Kier molecular flexibility index (Phi) is 5.56. The maximum absolute atomic E-state index is 12.7. The van der Waals surface area contributed by atoms with Crippen molar-refractivity contribution in [3.63, 3.8) is 0 Å². The van der Waals surface area contributed by atoms with Crippen LogP contribution in [0.25, 0.3) is 0 Å². The molecule has 2 N–H and O–H groups in total. The van der Waals surface area contributed by atoms with Gasteiger partial charge in [-0.25, -0.2) is 4.79 Å². The highest BCUT2D eigenvalue weighted by atomic mass is 16.6. The molecule has 0 spiro atoms. The van der Waals surface area contributed by atoms with Gasteiger partial charge in [0.15, 0.2) is 11.5 Å². The van der Waals surface area contributed by atoms with Crippen molar-refractivity contribution >= 4 is 23.5 Å². The molecule has 0 aromatic heterocycles. The molecule has 2 aromatic carbocycles. The topological polar surface area (TPSA) is 97.0 Å². The fourth-order valence-corrected chi connectivity index (χ4v) is 3.61. The minimum Gasteiger partial charge on any atom is -0.486 e. The number of urea groups is 1. The second kappa shape index (κ2) is 8.44. The van der Waals surface area contributed by atoms with Crippen molar-refractivity contribution in [1.29, 1.82) is 0 Å². The van der Waals surface area contributed by atoms with Crippen LogP contribution < -0.4 is 20.1 Å². The molecule has 1 saturated heterocycles. The largest absolute Gasteiger partial charge is 0.486 e. The first-order valence-corrected chi connectivity index (χ1v) is 9.91. The van der Waals surface area contributed by atoms with Crippen LogP contribution in [0, 0.1) is 0 Å². The molecule has 0 saturated carbocycles. The van der Waals surface area contributed by atoms with Gasteiger partial charge in [-0.15, -0.1) is 0 Å². The Hall–Kier alpha value is -3.55. The lowest BCUT2D eigenvalue weighted by molar-refractivity contribution is -0.129. The van der Waals surface area contributed by atoms with E-state index >= 15 is 0 Å². The van der Waals surface area contributed by atoms with E-state index < -0.39 is 12.1 Å². The average Bonchev–Trinajstić information content (AvgIpc) is 3.05. The van der Waals surface area contributed by atoms with E-state index in [9.17, 15) is 14.4 Å². The van der Waals surface area contributed by atoms with Gasteiger partial charge in [-0.2, -0.15) is 0 Å². The van der Waals surface area contributed by atoms with E-state index in [0.717, 1.165) is 5.56 Å². The molecule has 8 heteroatoms. The smallest absolute Gasteiger partial charge is 0.325 e. The Morgan fingerprint density at radius 1 is 1.13 bits per heavy atom. The number of hydrogen-bond acceptors (Lipinski definition) is 5. The quantitative estimate of drug-likeness (QED) is 0.715. The summed E-state index contributed by atoms with van der Waals surface area (Å²) in [6.45, 7) is 2.77. The second-order valence-electron chi connectivity index (χ2n) is 7.24. The van der Waals surface area contributed by atoms with Crippen LogP contribution in [-0.4, -0.2) is 42.0 Å². The first-order chi connectivity index (χ1) is 14.5. The monoisotopic (exact) mass is 409 g/mol. The van der Waals surface area contributed by atoms with Crippen LogP contribution in [0.2, 0.25) is 0 Å². The van der Waals surface area contributed by atoms with Gasteiger partial charge in [0.05, 0.1) is 6.04 Å². The molecule has 2 heterocycles. The van der Waals surface area contributed by atoms with E-state index in [-0.39, 0.29) is 30.7 Å². The highest BCUT2D eigenvalue weighted by molar-refractivity contribution is 6.05. The summed E-state index contributed by atoms with van der Waals surface area (Å²) in [4.78, 5) is 38.7. The predicted octanol–water partition coefficient (Wildman–Crippen LogP) is 2.86. The molecule has 2 aromatic rings. The highest BCUT2D eigenvalue weighted by Gasteiger charge is 2.40. The lowest BCUT2D eigenvalue weighted by atomic mass is 10.1. The maximum atomic E-state index is 12.7. The van der Waals surface area contributed by atoms with Crippen molar-refractivity contribution in [2.45, 2.75) is 31.8 Å². The van der Waals surface area contributed by atoms with Gasteiger partial charge < -0.3 is 20.1 Å². The molecule has 0 aliphatic carbocycles. The van der Waals surface area contributed by atoms with Crippen molar-refractivity contribution in [2.24, 2.45) is 0 Å². The summed E-state index contributed by atoms with van der Waals surface area (Å²) in [5.41, 5.74) is 1.46. The zero-order valence-corrected chi connectivity index (χ0v) is 16.6. The molecule has 4 amide bonds. The number of nitrogens with one attached hydrogen (secondary N) is 2. The minimum absolute atomic E-state index is 0.0959. The Bertz CT molecular complexity index is 963. The molecule has 0 radical (unpaired) electrons. The number of fused-ring (bicyclic) bond motifs is 1. The van der Waals surface area contributed by atoms with Crippen LogP contribution in [-0.2, 0) is 9.59 Å². The Labute approximate surface area is 174 Å². The van der Waals surface area contributed by atoms with Crippen molar-refractivity contribution in [2.75, 3.05) is 18.5 Å². The van der Waals surface area contributed by atoms with Crippen molar-refractivity contribution < 1.29 is 23.9 Å². The molecule has 1 fully saturated rings. The van der Waals surface area contributed by atoms with Gasteiger partial charge in [-0.1, -0.05) is 30.3 Å². The third-order valence-electron chi connectivity index (χ3n) is 5.21. The van der Waals surface area contributed by atoms with Gasteiger partial charge in [0.2, 0.25) is 5.91 Å². The molecule has 2 atom stereocenters. The van der Waals surface area contributed by atoms with E-state index in [1.54, 1.807) is 18.2 Å². The van der Waals surface area contributed by atoms with Gasteiger partial charge in [0, 0.05) is 18.2 Å². The normalized spacial score (nSPS) is 18.7. The number of ether oxygens (including phenoxy) is 2. The average molecular weight is 409 g/mol. The fraction of sp³-hybridized carbons (Fsp3) is 0.318. The van der Waals surface area contributed by atoms with E-state index in [1.165, 1.54) is 4.90 Å². The molecule has 8 nitrogen and oxygen atoms in total. The summed E-state index contributed by atoms with van der Waals surface area (Å²) in [5.74, 6) is 0.667. The van der Waals surface area contributed by atoms with Gasteiger partial charge in [0.25, 0.3) is 5.91 Å². The maximum Gasteiger partial charge on any atom is 0.325 e. The van der Waals surface area contributed by atoms with Crippen LogP contribution in [0.3, 0.4) is 0 Å². The highest BCUT2D eigenvalue weighted by Crippen LogP contribution is 2.32. The van der Waals surface area contributed by atoms with Crippen molar-refractivity contribution in [3.8, 4) is 11.5 Å². The molecule has 30 heavy (non-hydrogen) atoms. The van der Waals surface area contributed by atoms with Gasteiger partial charge >= 0.3 is 6.03 Å². The van der Waals surface area contributed by atoms with E-state index in [0.29, 0.717) is 30.4 Å². The summed E-state index contributed by atoms with van der Waals surface area (Å²) in [6.07, 6.45) is 0.317. The van der Waals surface area contributed by atoms with Crippen LogP contribution in [0.4, 0.5) is 10.5 Å². The van der Waals surface area contributed by atoms with E-state index in [1.807, 2.05) is 37.3 Å². The number of imide groups is 1. The second-order valence-corrected chi connectivity index (χ2v) is 7.24. The summed E-state index contributed by atoms with van der Waals surface area (Å²) >= 11 is 0. The SMILES string of the molecule is CC(c1ccccc1)N1C(=O)NC(CCC(=O)Nc2ccc3c(c2)OCCO3)C1=O. The molecule has 156 valence electrons. The Morgan fingerprint density at radius 3 is 2.63 bits per heavy atom. The number of nitrogens with zero attached hydrogens (tertiary/aromatic N) is 1. The zero-order chi connectivity index (χ0) is 21.1. The third kappa shape index (κ3) is 4.07. The molecule has 0 bridgehead atoms. The van der Waals surface area contributed by atoms with Gasteiger partial charge in [-0.05, 0) is 31.0 Å². The number of amides is 4. The Morgan fingerprint density at radius 2 is 1.87 bits per heavy atom. The first kappa shape index (κ1) is 19.8. The number of anilines is 1. The van der Waals surface area contributed by atoms with Crippen molar-refractivity contribution in [1.82, 2.24) is 10.2 Å². The van der Waals surface area contributed by atoms with Gasteiger partial charge in [-0.3, -0.25) is 14.5 Å². The molecule has 2 aliphatic rings. The molecule has 4 rings (SSSR count). The molecular weight excluding hydrogens is 386 g/mol. The summed E-state index contributed by atoms with van der Waals surface area (Å²) in [5, 5.41) is 5.48. The lowest BCUT2D eigenvalue weighted by Crippen LogP contribution is -2.34. The number of rotatable bonds is 6. The van der Waals surface area contributed by atoms with Crippen LogP contribution >= 0.6 is 0 Å². The fourth-order valence-electron chi connectivity index (χ4n) is 3.61. The summed E-state index contributed by atoms with van der Waals surface area (Å²) in [7, 11) is 0. The first-order valence-electron chi connectivity index (χ1n) is 9.91. The zero-order valence-electron chi connectivity index (χ0n) is 16.6. The lowest BCUT2D eigenvalue weighted by Gasteiger charge is -2.21. The number of carbonyl (C=O) groups excluding carboxylic acids is 3. The minimum atomic E-state index is -0.713. The van der Waals surface area contributed by atoms with Gasteiger partial charge in [0.1, 0.15) is 19.3 Å². The standard InChI is InChI=1S/C22H23N3O5/c1-14(15-5-3-2-4-6-15)25-21(27)17(24-22(25)28)8-10-20(26)23-16-7-9-18-19(13-16)30-12-11-29-18/h2-7,9,13-14,17H,8,10-12H2,1H3,(H,23,26)(H,24,28). The van der Waals surface area contributed by atoms with Crippen LogP contribution in [0.5, 0.6) is 11.5 Å². The number of carbonyl (C=O) groups is 3. The summed E-state index contributed by atoms with van der Waals surface area (Å²) < 4.78 is 11.0. The van der Waals surface area contributed by atoms with Crippen LogP contribution in [0.1, 0.15) is 31.4 Å². The predicted molar refractivity (Wildman–Crippen MR) is 109 cm³/mol. The molecule has 2 unspecified atom stereocenters. The molecule has 2 aliphatic heterocycles. The van der Waals surface area contributed by atoms with Crippen LogP contribution in [0.15, 0.2) is 48.5 Å². The molecular formula is C22H23N3O5. The summed E-state index contributed by atoms with van der Waals surface area (Å²) in [6, 6.07) is 13.0. The Balaban J connectivity index is 1.33. The third-order valence-corrected chi connectivity index (χ3v) is 5.21. The number of benzene rings is 2. The van der Waals surface area contributed by atoms with Crippen molar-refractivity contribution in [3.05, 3.63) is 54.1 Å². The van der Waals surface area contributed by atoms with E-state index in [4.69, 9.17) is 9.47 Å².